The summed E-state index contributed by atoms with van der Waals surface area (Å²) in [6.07, 6.45) is 0.786. The van der Waals surface area contributed by atoms with Crippen molar-refractivity contribution in [3.05, 3.63) is 23.7 Å². The average Bonchev–Trinajstić information content (AvgIpc) is 2.85. The van der Waals surface area contributed by atoms with E-state index in [9.17, 15) is 5.11 Å². The normalized spacial score (nSPS) is 33.8. The zero-order valence-corrected chi connectivity index (χ0v) is 11.2. The maximum Gasteiger partial charge on any atom is 0.118 e. The lowest BCUT2D eigenvalue weighted by atomic mass is 10.1. The number of piperazine rings is 1. The predicted octanol–water partition coefficient (Wildman–Crippen LogP) is 1.23. The summed E-state index contributed by atoms with van der Waals surface area (Å²) in [5, 5.41) is 9.75. The molecule has 0 spiro atoms. The second-order valence-corrected chi connectivity index (χ2v) is 5.79. The molecule has 3 atom stereocenters. The van der Waals surface area contributed by atoms with Crippen LogP contribution in [-0.4, -0.2) is 52.7 Å². The summed E-state index contributed by atoms with van der Waals surface area (Å²) in [6.45, 7) is 8.08. The molecular weight excluding hydrogens is 228 g/mol. The number of aryl methyl sites for hydroxylation is 1. The Kier molecular flexibility index (Phi) is 3.18. The Morgan fingerprint density at radius 3 is 2.89 bits per heavy atom. The molecule has 3 heterocycles. The smallest absolute Gasteiger partial charge is 0.118 e. The first-order chi connectivity index (χ1) is 8.61. The molecule has 2 fully saturated rings. The highest BCUT2D eigenvalue weighted by Crippen LogP contribution is 2.26. The molecule has 1 N–H and O–H groups in total. The number of hydrogen-bond donors (Lipinski definition) is 1. The van der Waals surface area contributed by atoms with Gasteiger partial charge in [-0.05, 0) is 32.4 Å². The van der Waals surface area contributed by atoms with Crippen molar-refractivity contribution in [3.63, 3.8) is 0 Å². The lowest BCUT2D eigenvalue weighted by Gasteiger charge is -2.41. The van der Waals surface area contributed by atoms with Crippen molar-refractivity contribution in [1.29, 1.82) is 0 Å². The number of nitrogens with zero attached hydrogens (tertiary/aromatic N) is 2. The Morgan fingerprint density at radius 2 is 2.17 bits per heavy atom. The van der Waals surface area contributed by atoms with Gasteiger partial charge in [0.2, 0.25) is 0 Å². The van der Waals surface area contributed by atoms with Gasteiger partial charge in [-0.2, -0.15) is 0 Å². The second kappa shape index (κ2) is 4.68. The van der Waals surface area contributed by atoms with Crippen LogP contribution in [0.1, 0.15) is 24.9 Å². The topological polar surface area (TPSA) is 39.9 Å². The fourth-order valence-corrected chi connectivity index (χ4v) is 3.27. The minimum Gasteiger partial charge on any atom is -0.465 e. The van der Waals surface area contributed by atoms with E-state index in [1.165, 1.54) is 0 Å². The first kappa shape index (κ1) is 12.2. The largest absolute Gasteiger partial charge is 0.465 e. The molecule has 1 aromatic heterocycles. The van der Waals surface area contributed by atoms with E-state index in [0.29, 0.717) is 12.1 Å². The summed E-state index contributed by atoms with van der Waals surface area (Å²) < 4.78 is 5.66. The third kappa shape index (κ3) is 2.32. The van der Waals surface area contributed by atoms with Crippen LogP contribution in [0.3, 0.4) is 0 Å². The third-order valence-electron chi connectivity index (χ3n) is 4.23. The fourth-order valence-electron chi connectivity index (χ4n) is 3.27. The number of rotatable bonds is 2. The standard InChI is InChI=1S/C14H22N2O2/c1-10-6-16-8-13(17)5-12(16)7-15(10)9-14-4-3-11(2)18-14/h3-4,10,12-13,17H,5-9H2,1-2H3/t10-,12-,13-/m1/s1. The van der Waals surface area contributed by atoms with Gasteiger partial charge >= 0.3 is 0 Å². The molecule has 2 aliphatic heterocycles. The Morgan fingerprint density at radius 1 is 1.33 bits per heavy atom. The summed E-state index contributed by atoms with van der Waals surface area (Å²) in [6, 6.07) is 5.14. The van der Waals surface area contributed by atoms with Crippen LogP contribution in [0.25, 0.3) is 0 Å². The zero-order chi connectivity index (χ0) is 12.7. The van der Waals surface area contributed by atoms with Crippen LogP contribution < -0.4 is 0 Å². The number of fused-ring (bicyclic) bond motifs is 1. The van der Waals surface area contributed by atoms with Gasteiger partial charge in [-0.25, -0.2) is 0 Å². The Labute approximate surface area is 108 Å². The molecule has 0 amide bonds. The summed E-state index contributed by atoms with van der Waals surface area (Å²) in [5.74, 6) is 2.03. The number of aliphatic hydroxyl groups is 1. The van der Waals surface area contributed by atoms with E-state index in [0.717, 1.165) is 44.1 Å². The van der Waals surface area contributed by atoms with Gasteiger partial charge < -0.3 is 9.52 Å². The predicted molar refractivity (Wildman–Crippen MR) is 69.3 cm³/mol. The molecule has 3 rings (SSSR count). The molecule has 0 radical (unpaired) electrons. The van der Waals surface area contributed by atoms with E-state index in [1.54, 1.807) is 0 Å². The fraction of sp³-hybridized carbons (Fsp3) is 0.714. The van der Waals surface area contributed by atoms with Crippen LogP contribution >= 0.6 is 0 Å². The monoisotopic (exact) mass is 250 g/mol. The van der Waals surface area contributed by atoms with Crippen molar-refractivity contribution in [2.75, 3.05) is 19.6 Å². The molecule has 0 bridgehead atoms. The lowest BCUT2D eigenvalue weighted by Crippen LogP contribution is -2.54. The quantitative estimate of drug-likeness (QED) is 0.857. The van der Waals surface area contributed by atoms with E-state index < -0.39 is 0 Å². The average molecular weight is 250 g/mol. The summed E-state index contributed by atoms with van der Waals surface area (Å²) in [4.78, 5) is 4.90. The zero-order valence-electron chi connectivity index (χ0n) is 11.2. The van der Waals surface area contributed by atoms with Crippen molar-refractivity contribution in [2.45, 2.75) is 45.0 Å². The van der Waals surface area contributed by atoms with Crippen LogP contribution in [0.2, 0.25) is 0 Å². The van der Waals surface area contributed by atoms with Gasteiger partial charge in [-0.15, -0.1) is 0 Å². The molecule has 0 unspecified atom stereocenters. The maximum atomic E-state index is 9.75. The Balaban J connectivity index is 1.66. The van der Waals surface area contributed by atoms with E-state index >= 15 is 0 Å². The van der Waals surface area contributed by atoms with E-state index in [1.807, 2.05) is 13.0 Å². The molecule has 4 heteroatoms. The first-order valence-corrected chi connectivity index (χ1v) is 6.83. The lowest BCUT2D eigenvalue weighted by molar-refractivity contribution is 0.0482. The van der Waals surface area contributed by atoms with Crippen molar-refractivity contribution in [2.24, 2.45) is 0 Å². The van der Waals surface area contributed by atoms with Crippen molar-refractivity contribution in [3.8, 4) is 0 Å². The molecule has 1 aromatic rings. The van der Waals surface area contributed by atoms with Crippen molar-refractivity contribution < 1.29 is 9.52 Å². The molecule has 4 nitrogen and oxygen atoms in total. The molecule has 0 saturated carbocycles. The van der Waals surface area contributed by atoms with Gasteiger partial charge in [0.1, 0.15) is 11.5 Å². The van der Waals surface area contributed by atoms with E-state index in [2.05, 4.69) is 22.8 Å². The summed E-state index contributed by atoms with van der Waals surface area (Å²) >= 11 is 0. The summed E-state index contributed by atoms with van der Waals surface area (Å²) in [5.41, 5.74) is 0. The highest BCUT2D eigenvalue weighted by molar-refractivity contribution is 5.06. The molecule has 2 aliphatic rings. The molecule has 0 aromatic carbocycles. The minimum absolute atomic E-state index is 0.131. The van der Waals surface area contributed by atoms with Gasteiger partial charge in [-0.1, -0.05) is 0 Å². The van der Waals surface area contributed by atoms with Crippen molar-refractivity contribution >= 4 is 0 Å². The minimum atomic E-state index is -0.131. The van der Waals surface area contributed by atoms with Gasteiger partial charge in [0.05, 0.1) is 12.6 Å². The molecular formula is C14H22N2O2. The molecule has 0 aliphatic carbocycles. The van der Waals surface area contributed by atoms with Crippen LogP contribution in [0.5, 0.6) is 0 Å². The molecule has 100 valence electrons. The Bertz CT molecular complexity index is 418. The maximum absolute atomic E-state index is 9.75. The van der Waals surface area contributed by atoms with Gasteiger partial charge in [0.15, 0.2) is 0 Å². The van der Waals surface area contributed by atoms with Crippen LogP contribution in [0.15, 0.2) is 16.5 Å². The summed E-state index contributed by atoms with van der Waals surface area (Å²) in [7, 11) is 0. The van der Waals surface area contributed by atoms with Crippen LogP contribution in [0.4, 0.5) is 0 Å². The number of hydrogen-bond acceptors (Lipinski definition) is 4. The van der Waals surface area contributed by atoms with Gasteiger partial charge in [0.25, 0.3) is 0 Å². The van der Waals surface area contributed by atoms with Gasteiger partial charge in [-0.3, -0.25) is 9.80 Å². The Hall–Kier alpha value is -0.840. The highest BCUT2D eigenvalue weighted by Gasteiger charge is 2.38. The van der Waals surface area contributed by atoms with E-state index in [-0.39, 0.29) is 6.10 Å². The van der Waals surface area contributed by atoms with Gasteiger partial charge in [0, 0.05) is 31.7 Å². The molecule has 18 heavy (non-hydrogen) atoms. The number of aliphatic hydroxyl groups excluding tert-OH is 1. The molecule has 2 saturated heterocycles. The first-order valence-electron chi connectivity index (χ1n) is 6.83. The third-order valence-corrected chi connectivity index (χ3v) is 4.23. The van der Waals surface area contributed by atoms with Crippen LogP contribution in [-0.2, 0) is 6.54 Å². The highest BCUT2D eigenvalue weighted by atomic mass is 16.3. The number of furan rings is 1. The SMILES string of the molecule is Cc1ccc(CN2C[C@H]3C[C@@H](O)CN3C[C@H]2C)o1. The van der Waals surface area contributed by atoms with E-state index in [4.69, 9.17) is 4.42 Å². The van der Waals surface area contributed by atoms with Crippen molar-refractivity contribution in [1.82, 2.24) is 9.80 Å². The second-order valence-electron chi connectivity index (χ2n) is 5.79. The van der Waals surface area contributed by atoms with Crippen LogP contribution in [0, 0.1) is 6.92 Å².